The number of carbonyl (C=O) groups excluding carboxylic acids is 1. The molecule has 0 radical (unpaired) electrons. The third-order valence-electron chi connectivity index (χ3n) is 3.71. The molecule has 0 saturated carbocycles. The average molecular weight is 308 g/mol. The quantitative estimate of drug-likeness (QED) is 0.706. The maximum atomic E-state index is 12.4. The van der Waals surface area contributed by atoms with Crippen molar-refractivity contribution >= 4 is 11.6 Å². The van der Waals surface area contributed by atoms with E-state index < -0.39 is 5.60 Å². The summed E-state index contributed by atoms with van der Waals surface area (Å²) in [7, 11) is 1.56. The number of hydrogen-bond acceptors (Lipinski definition) is 4. The number of aromatic nitrogens is 1. The van der Waals surface area contributed by atoms with Gasteiger partial charge in [-0.05, 0) is 32.8 Å². The first kappa shape index (κ1) is 18.4. The number of hydrogen-bond donors (Lipinski definition) is 1. The van der Waals surface area contributed by atoms with Crippen LogP contribution >= 0.6 is 0 Å². The van der Waals surface area contributed by atoms with Crippen LogP contribution in [0.3, 0.4) is 0 Å². The minimum atomic E-state index is -0.822. The summed E-state index contributed by atoms with van der Waals surface area (Å²) in [6.07, 6.45) is 3.63. The van der Waals surface area contributed by atoms with E-state index in [1.54, 1.807) is 20.1 Å². The molecule has 124 valence electrons. The van der Waals surface area contributed by atoms with Crippen molar-refractivity contribution < 1.29 is 14.3 Å². The molecule has 5 nitrogen and oxygen atoms in total. The molecule has 0 aliphatic heterocycles. The van der Waals surface area contributed by atoms with Crippen molar-refractivity contribution in [2.75, 3.05) is 19.0 Å². The first-order valence-electron chi connectivity index (χ1n) is 7.93. The number of aryl methyl sites for hydroxylation is 1. The number of rotatable bonds is 9. The van der Waals surface area contributed by atoms with Gasteiger partial charge in [-0.2, -0.15) is 0 Å². The van der Waals surface area contributed by atoms with E-state index in [1.165, 1.54) is 0 Å². The molecule has 0 saturated heterocycles. The van der Waals surface area contributed by atoms with Gasteiger partial charge in [0.2, 0.25) is 5.88 Å². The summed E-state index contributed by atoms with van der Waals surface area (Å²) < 4.78 is 10.9. The number of carbonyl (C=O) groups is 1. The Morgan fingerprint density at radius 3 is 2.59 bits per heavy atom. The lowest BCUT2D eigenvalue weighted by molar-refractivity contribution is -0.136. The molecule has 0 aliphatic carbocycles. The van der Waals surface area contributed by atoms with Crippen LogP contribution in [-0.4, -0.2) is 30.2 Å². The van der Waals surface area contributed by atoms with Crippen molar-refractivity contribution in [3.05, 3.63) is 17.8 Å². The fourth-order valence-corrected chi connectivity index (χ4v) is 2.11. The maximum Gasteiger partial charge on any atom is 0.256 e. The second kappa shape index (κ2) is 8.73. The molecular weight excluding hydrogens is 280 g/mol. The van der Waals surface area contributed by atoms with E-state index in [2.05, 4.69) is 17.2 Å². The molecule has 1 rings (SSSR count). The average Bonchev–Trinajstić information content (AvgIpc) is 2.50. The van der Waals surface area contributed by atoms with Crippen LogP contribution in [0.5, 0.6) is 5.88 Å². The van der Waals surface area contributed by atoms with Crippen molar-refractivity contribution in [1.29, 1.82) is 0 Å². The Morgan fingerprint density at radius 1 is 1.32 bits per heavy atom. The van der Waals surface area contributed by atoms with Gasteiger partial charge in [0, 0.05) is 13.2 Å². The highest BCUT2D eigenvalue weighted by molar-refractivity contribution is 5.97. The lowest BCUT2D eigenvalue weighted by Crippen LogP contribution is -2.42. The van der Waals surface area contributed by atoms with Gasteiger partial charge >= 0.3 is 0 Å². The fourth-order valence-electron chi connectivity index (χ4n) is 2.11. The number of ether oxygens (including phenoxy) is 2. The van der Waals surface area contributed by atoms with Gasteiger partial charge in [-0.25, -0.2) is 4.98 Å². The summed E-state index contributed by atoms with van der Waals surface area (Å²) in [4.78, 5) is 16.8. The zero-order chi connectivity index (χ0) is 16.6. The van der Waals surface area contributed by atoms with E-state index in [9.17, 15) is 4.79 Å². The van der Waals surface area contributed by atoms with E-state index in [-0.39, 0.29) is 5.91 Å². The molecule has 1 aromatic rings. The molecule has 0 unspecified atom stereocenters. The molecule has 22 heavy (non-hydrogen) atoms. The molecule has 0 spiro atoms. The highest BCUT2D eigenvalue weighted by Gasteiger charge is 2.32. The van der Waals surface area contributed by atoms with E-state index in [1.807, 2.05) is 19.9 Å². The summed E-state index contributed by atoms with van der Waals surface area (Å²) in [5.41, 5.74) is 0.599. The summed E-state index contributed by atoms with van der Waals surface area (Å²) >= 11 is 0. The smallest absolute Gasteiger partial charge is 0.256 e. The Morgan fingerprint density at radius 2 is 2.05 bits per heavy atom. The van der Waals surface area contributed by atoms with E-state index >= 15 is 0 Å². The lowest BCUT2D eigenvalue weighted by atomic mass is 9.99. The Balaban J connectivity index is 2.75. The van der Waals surface area contributed by atoms with Crippen LogP contribution in [0.1, 0.15) is 52.1 Å². The van der Waals surface area contributed by atoms with Crippen LogP contribution in [0, 0.1) is 6.92 Å². The van der Waals surface area contributed by atoms with E-state index in [0.717, 1.165) is 25.0 Å². The zero-order valence-corrected chi connectivity index (χ0v) is 14.4. The predicted octanol–water partition coefficient (Wildman–Crippen LogP) is 3.71. The van der Waals surface area contributed by atoms with Gasteiger partial charge in [0.05, 0.1) is 18.0 Å². The Labute approximate surface area is 133 Å². The van der Waals surface area contributed by atoms with Gasteiger partial charge in [0.15, 0.2) is 0 Å². The van der Waals surface area contributed by atoms with Gasteiger partial charge in [-0.15, -0.1) is 0 Å². The van der Waals surface area contributed by atoms with Gasteiger partial charge in [-0.3, -0.25) is 4.79 Å². The first-order chi connectivity index (χ1) is 10.5. The van der Waals surface area contributed by atoms with E-state index in [0.29, 0.717) is 24.6 Å². The lowest BCUT2D eigenvalue weighted by Gasteiger charge is -2.26. The van der Waals surface area contributed by atoms with Gasteiger partial charge < -0.3 is 14.8 Å². The molecule has 0 fully saturated rings. The van der Waals surface area contributed by atoms with Gasteiger partial charge in [0.25, 0.3) is 5.91 Å². The topological polar surface area (TPSA) is 60.5 Å². The second-order valence-corrected chi connectivity index (χ2v) is 5.62. The molecule has 1 heterocycles. The zero-order valence-electron chi connectivity index (χ0n) is 14.4. The number of nitrogens with zero attached hydrogens (tertiary/aromatic N) is 1. The van der Waals surface area contributed by atoms with Gasteiger partial charge in [-0.1, -0.05) is 26.7 Å². The molecule has 0 aliphatic rings. The number of unbranched alkanes of at least 4 members (excludes halogenated alkanes) is 1. The summed E-state index contributed by atoms with van der Waals surface area (Å²) in [6.45, 7) is 8.46. The predicted molar refractivity (Wildman–Crippen MR) is 88.3 cm³/mol. The third kappa shape index (κ3) is 4.98. The standard InChI is InChI=1S/C17H28N2O3/c1-6-8-12-22-15-10-9-14(13(3)18-15)19-16(20)17(4,21-5)11-7-2/h9-10H,6-8,11-12H2,1-5H3,(H,19,20)/t17-/m0/s1. The molecule has 1 aromatic heterocycles. The van der Waals surface area contributed by atoms with Crippen molar-refractivity contribution in [2.24, 2.45) is 0 Å². The van der Waals surface area contributed by atoms with Crippen molar-refractivity contribution in [2.45, 2.75) is 59.0 Å². The SMILES string of the molecule is CCCCOc1ccc(NC(=O)[C@](C)(CCC)OC)c(C)n1. The first-order valence-corrected chi connectivity index (χ1v) is 7.93. The minimum Gasteiger partial charge on any atom is -0.478 e. The van der Waals surface area contributed by atoms with Crippen LogP contribution < -0.4 is 10.1 Å². The van der Waals surface area contributed by atoms with Crippen LogP contribution in [0.15, 0.2) is 12.1 Å². The van der Waals surface area contributed by atoms with Crippen LogP contribution in [-0.2, 0) is 9.53 Å². The highest BCUT2D eigenvalue weighted by atomic mass is 16.5. The minimum absolute atomic E-state index is 0.151. The Kier molecular flexibility index (Phi) is 7.32. The number of anilines is 1. The molecule has 0 bridgehead atoms. The van der Waals surface area contributed by atoms with Crippen LogP contribution in [0.25, 0.3) is 0 Å². The number of methoxy groups -OCH3 is 1. The fraction of sp³-hybridized carbons (Fsp3) is 0.647. The number of nitrogens with one attached hydrogen (secondary N) is 1. The van der Waals surface area contributed by atoms with Crippen molar-refractivity contribution in [3.8, 4) is 5.88 Å². The van der Waals surface area contributed by atoms with E-state index in [4.69, 9.17) is 9.47 Å². The molecule has 1 atom stereocenters. The Hall–Kier alpha value is -1.62. The molecule has 1 amide bonds. The van der Waals surface area contributed by atoms with Crippen molar-refractivity contribution in [3.63, 3.8) is 0 Å². The molecular formula is C17H28N2O3. The molecule has 0 aromatic carbocycles. The largest absolute Gasteiger partial charge is 0.478 e. The monoisotopic (exact) mass is 308 g/mol. The van der Waals surface area contributed by atoms with Gasteiger partial charge in [0.1, 0.15) is 5.60 Å². The maximum absolute atomic E-state index is 12.4. The van der Waals surface area contributed by atoms with Crippen LogP contribution in [0.2, 0.25) is 0 Å². The van der Waals surface area contributed by atoms with Crippen LogP contribution in [0.4, 0.5) is 5.69 Å². The van der Waals surface area contributed by atoms with Crippen molar-refractivity contribution in [1.82, 2.24) is 4.98 Å². The summed E-state index contributed by atoms with van der Waals surface area (Å²) in [5, 5.41) is 2.90. The normalized spacial score (nSPS) is 13.5. The third-order valence-corrected chi connectivity index (χ3v) is 3.71. The summed E-state index contributed by atoms with van der Waals surface area (Å²) in [5.74, 6) is 0.438. The molecule has 5 heteroatoms. The summed E-state index contributed by atoms with van der Waals surface area (Å²) in [6, 6.07) is 3.60. The Bertz CT molecular complexity index is 491. The second-order valence-electron chi connectivity index (χ2n) is 5.62. The number of amides is 1. The number of pyridine rings is 1. The molecule has 1 N–H and O–H groups in total. The highest BCUT2D eigenvalue weighted by Crippen LogP contribution is 2.22.